The monoisotopic (exact) mass is 394 g/mol. The van der Waals surface area contributed by atoms with Gasteiger partial charge in [-0.2, -0.15) is 5.10 Å². The zero-order chi connectivity index (χ0) is 20.0. The second-order valence-corrected chi connectivity index (χ2v) is 8.94. The van der Waals surface area contributed by atoms with E-state index in [0.717, 1.165) is 28.5 Å². The Morgan fingerprint density at radius 3 is 2.43 bits per heavy atom. The minimum Gasteiger partial charge on any atom is -0.345 e. The molecule has 0 radical (unpaired) electrons. The number of H-pyrrole nitrogens is 1. The molecule has 1 heterocycles. The molecule has 28 heavy (non-hydrogen) atoms. The lowest BCUT2D eigenvalue weighted by Gasteiger charge is -2.27. The van der Waals surface area contributed by atoms with Crippen molar-refractivity contribution in [3.63, 3.8) is 0 Å². The van der Waals surface area contributed by atoms with Crippen molar-refractivity contribution >= 4 is 17.7 Å². The number of amides is 1. The van der Waals surface area contributed by atoms with Gasteiger partial charge in [0.2, 0.25) is 0 Å². The third kappa shape index (κ3) is 5.96. The number of thioether (sulfide) groups is 1. The Hall–Kier alpha value is -2.60. The van der Waals surface area contributed by atoms with Gasteiger partial charge in [-0.05, 0) is 35.1 Å². The first-order valence-electron chi connectivity index (χ1n) is 9.34. The van der Waals surface area contributed by atoms with E-state index in [2.05, 4.69) is 53.4 Å². The summed E-state index contributed by atoms with van der Waals surface area (Å²) in [5.41, 5.74) is 3.04. The number of benzene rings is 2. The number of carbonyl (C=O) groups excluding carboxylic acids is 1. The van der Waals surface area contributed by atoms with Gasteiger partial charge in [-0.25, -0.2) is 4.98 Å². The van der Waals surface area contributed by atoms with Crippen molar-refractivity contribution in [3.8, 4) is 0 Å². The standard InChI is InChI=1S/C22H26N4OS/c1-22(2,3)13-19(17-7-5-4-6-8-17)25-20(27)18-11-9-16(10-12-18)14-28-21-23-15-24-26-21/h4-12,15,19H,13-14H2,1-3H3,(H,25,27)(H,23,24,26). The number of aromatic nitrogens is 3. The largest absolute Gasteiger partial charge is 0.345 e. The van der Waals surface area contributed by atoms with E-state index in [4.69, 9.17) is 0 Å². The molecule has 3 aromatic rings. The molecule has 1 unspecified atom stereocenters. The van der Waals surface area contributed by atoms with Crippen LogP contribution in [0.25, 0.3) is 0 Å². The number of hydrogen-bond acceptors (Lipinski definition) is 4. The first-order chi connectivity index (χ1) is 13.4. The number of carbonyl (C=O) groups is 1. The van der Waals surface area contributed by atoms with Crippen molar-refractivity contribution in [2.45, 2.75) is 44.1 Å². The Labute approximate surface area is 170 Å². The molecule has 0 bridgehead atoms. The van der Waals surface area contributed by atoms with Crippen molar-refractivity contribution in [1.29, 1.82) is 0 Å². The molecule has 2 aromatic carbocycles. The van der Waals surface area contributed by atoms with Gasteiger partial charge in [0.1, 0.15) is 6.33 Å². The van der Waals surface area contributed by atoms with Crippen molar-refractivity contribution in [1.82, 2.24) is 20.5 Å². The van der Waals surface area contributed by atoms with Crippen LogP contribution in [-0.4, -0.2) is 21.1 Å². The van der Waals surface area contributed by atoms with Crippen LogP contribution in [0, 0.1) is 5.41 Å². The summed E-state index contributed by atoms with van der Waals surface area (Å²) >= 11 is 1.58. The Morgan fingerprint density at radius 1 is 1.11 bits per heavy atom. The van der Waals surface area contributed by atoms with Gasteiger partial charge in [-0.3, -0.25) is 9.89 Å². The van der Waals surface area contributed by atoms with Crippen LogP contribution >= 0.6 is 11.8 Å². The quantitative estimate of drug-likeness (QED) is 0.553. The molecule has 0 aliphatic rings. The second-order valence-electron chi connectivity index (χ2n) is 7.98. The van der Waals surface area contributed by atoms with Crippen LogP contribution < -0.4 is 5.32 Å². The van der Waals surface area contributed by atoms with Gasteiger partial charge in [0.05, 0.1) is 6.04 Å². The molecule has 6 heteroatoms. The van der Waals surface area contributed by atoms with Crippen molar-refractivity contribution in [2.75, 3.05) is 0 Å². The lowest BCUT2D eigenvalue weighted by atomic mass is 9.85. The van der Waals surface area contributed by atoms with Crippen molar-refractivity contribution in [3.05, 3.63) is 77.6 Å². The third-order valence-corrected chi connectivity index (χ3v) is 5.26. The zero-order valence-corrected chi connectivity index (χ0v) is 17.3. The molecule has 0 aliphatic carbocycles. The van der Waals surface area contributed by atoms with E-state index in [0.29, 0.717) is 5.56 Å². The smallest absolute Gasteiger partial charge is 0.251 e. The average Bonchev–Trinajstić information content (AvgIpc) is 3.19. The Kier molecular flexibility index (Phi) is 6.52. The van der Waals surface area contributed by atoms with E-state index in [1.165, 1.54) is 6.33 Å². The van der Waals surface area contributed by atoms with E-state index in [-0.39, 0.29) is 17.4 Å². The lowest BCUT2D eigenvalue weighted by molar-refractivity contribution is 0.0926. The number of nitrogens with one attached hydrogen (secondary N) is 2. The number of hydrogen-bond donors (Lipinski definition) is 2. The van der Waals surface area contributed by atoms with E-state index < -0.39 is 0 Å². The highest BCUT2D eigenvalue weighted by Crippen LogP contribution is 2.29. The zero-order valence-electron chi connectivity index (χ0n) is 16.5. The lowest BCUT2D eigenvalue weighted by Crippen LogP contribution is -2.31. The molecular weight excluding hydrogens is 368 g/mol. The molecule has 1 atom stereocenters. The second kappa shape index (κ2) is 9.06. The number of nitrogens with zero attached hydrogens (tertiary/aromatic N) is 2. The molecule has 0 saturated heterocycles. The maximum Gasteiger partial charge on any atom is 0.251 e. The Bertz CT molecular complexity index is 871. The number of rotatable bonds is 7. The molecule has 1 amide bonds. The molecule has 1 aromatic heterocycles. The SMILES string of the molecule is CC(C)(C)CC(NC(=O)c1ccc(CSc2ncn[nH]2)cc1)c1ccccc1. The Balaban J connectivity index is 1.65. The highest BCUT2D eigenvalue weighted by atomic mass is 32.2. The van der Waals surface area contributed by atoms with Crippen LogP contribution in [0.15, 0.2) is 66.1 Å². The Morgan fingerprint density at radius 2 is 1.82 bits per heavy atom. The maximum absolute atomic E-state index is 12.8. The van der Waals surface area contributed by atoms with Crippen molar-refractivity contribution in [2.24, 2.45) is 5.41 Å². The molecule has 3 rings (SSSR count). The van der Waals surface area contributed by atoms with Crippen LogP contribution in [-0.2, 0) is 5.75 Å². The van der Waals surface area contributed by atoms with Gasteiger partial charge in [-0.15, -0.1) is 0 Å². The van der Waals surface area contributed by atoms with E-state index >= 15 is 0 Å². The average molecular weight is 395 g/mol. The highest BCUT2D eigenvalue weighted by Gasteiger charge is 2.22. The molecule has 0 spiro atoms. The van der Waals surface area contributed by atoms with Gasteiger partial charge in [0, 0.05) is 11.3 Å². The summed E-state index contributed by atoms with van der Waals surface area (Å²) in [7, 11) is 0. The first-order valence-corrected chi connectivity index (χ1v) is 10.3. The minimum atomic E-state index is -0.0486. The molecule has 146 valence electrons. The summed E-state index contributed by atoms with van der Waals surface area (Å²) in [5, 5.41) is 10.7. The van der Waals surface area contributed by atoms with Gasteiger partial charge >= 0.3 is 0 Å². The van der Waals surface area contributed by atoms with Crippen LogP contribution in [0.1, 0.15) is 54.7 Å². The summed E-state index contributed by atoms with van der Waals surface area (Å²) in [5.74, 6) is 0.723. The fourth-order valence-electron chi connectivity index (χ4n) is 2.96. The van der Waals surface area contributed by atoms with E-state index in [1.54, 1.807) is 11.8 Å². The van der Waals surface area contributed by atoms with Gasteiger partial charge < -0.3 is 5.32 Å². The highest BCUT2D eigenvalue weighted by molar-refractivity contribution is 7.98. The minimum absolute atomic E-state index is 0.0182. The molecule has 0 saturated carbocycles. The van der Waals surface area contributed by atoms with E-state index in [1.807, 2.05) is 42.5 Å². The molecular formula is C22H26N4OS. The molecule has 2 N–H and O–H groups in total. The maximum atomic E-state index is 12.8. The van der Waals surface area contributed by atoms with E-state index in [9.17, 15) is 4.79 Å². The van der Waals surface area contributed by atoms with Crippen LogP contribution in [0.2, 0.25) is 0 Å². The predicted octanol–water partition coefficient (Wildman–Crippen LogP) is 5.00. The van der Waals surface area contributed by atoms with Crippen LogP contribution in [0.3, 0.4) is 0 Å². The first kappa shape index (κ1) is 20.1. The van der Waals surface area contributed by atoms with Gasteiger partial charge in [0.15, 0.2) is 5.16 Å². The third-order valence-electron chi connectivity index (χ3n) is 4.31. The molecule has 0 fully saturated rings. The topological polar surface area (TPSA) is 70.7 Å². The predicted molar refractivity (Wildman–Crippen MR) is 113 cm³/mol. The number of aromatic amines is 1. The normalized spacial score (nSPS) is 12.5. The summed E-state index contributed by atoms with van der Waals surface area (Å²) < 4.78 is 0. The van der Waals surface area contributed by atoms with Gasteiger partial charge in [0.25, 0.3) is 5.91 Å². The van der Waals surface area contributed by atoms with Crippen LogP contribution in [0.5, 0.6) is 0 Å². The molecule has 5 nitrogen and oxygen atoms in total. The fourth-order valence-corrected chi connectivity index (χ4v) is 3.69. The summed E-state index contributed by atoms with van der Waals surface area (Å²) in [6.45, 7) is 6.57. The summed E-state index contributed by atoms with van der Waals surface area (Å²) in [4.78, 5) is 16.9. The molecule has 0 aliphatic heterocycles. The van der Waals surface area contributed by atoms with Crippen molar-refractivity contribution < 1.29 is 4.79 Å². The fraction of sp³-hybridized carbons (Fsp3) is 0.318. The van der Waals surface area contributed by atoms with Crippen LogP contribution in [0.4, 0.5) is 0 Å². The summed E-state index contributed by atoms with van der Waals surface area (Å²) in [6.07, 6.45) is 2.37. The van der Waals surface area contributed by atoms with Gasteiger partial charge in [-0.1, -0.05) is 75.0 Å². The summed E-state index contributed by atoms with van der Waals surface area (Å²) in [6, 6.07) is 17.9.